The van der Waals surface area contributed by atoms with Gasteiger partial charge in [0.15, 0.2) is 0 Å². The predicted octanol–water partition coefficient (Wildman–Crippen LogP) is 2.21. The molecule has 2 amide bonds. The van der Waals surface area contributed by atoms with E-state index in [9.17, 15) is 9.59 Å². The van der Waals surface area contributed by atoms with Crippen LogP contribution >= 0.6 is 0 Å². The molecule has 2 aromatic rings. The number of carbonyl (C=O) groups is 2. The Labute approximate surface area is 128 Å². The molecule has 0 unspecified atom stereocenters. The van der Waals surface area contributed by atoms with Crippen LogP contribution in [0.4, 0.5) is 5.69 Å². The van der Waals surface area contributed by atoms with Gasteiger partial charge in [0.05, 0.1) is 0 Å². The molecule has 0 bridgehead atoms. The van der Waals surface area contributed by atoms with Gasteiger partial charge in [-0.25, -0.2) is 0 Å². The fourth-order valence-corrected chi connectivity index (χ4v) is 2.56. The molecule has 5 heteroatoms. The molecule has 0 aliphatic carbocycles. The zero-order valence-electron chi connectivity index (χ0n) is 12.1. The average molecular weight is 296 g/mol. The van der Waals surface area contributed by atoms with E-state index in [1.54, 1.807) is 18.2 Å². The van der Waals surface area contributed by atoms with Gasteiger partial charge in [-0.15, -0.1) is 0 Å². The first-order valence-electron chi connectivity index (χ1n) is 6.99. The smallest absolute Gasteiger partial charge is 0.248 e. The van der Waals surface area contributed by atoms with Gasteiger partial charge in [0.2, 0.25) is 11.8 Å². The van der Waals surface area contributed by atoms with Gasteiger partial charge in [0, 0.05) is 16.8 Å². The third-order valence-corrected chi connectivity index (χ3v) is 3.79. The number of carbonyl (C=O) groups excluding carboxylic acids is 2. The minimum absolute atomic E-state index is 0.125. The van der Waals surface area contributed by atoms with Crippen LogP contribution in [0, 0.1) is 6.92 Å². The summed E-state index contributed by atoms with van der Waals surface area (Å²) < 4.78 is 5.53. The minimum atomic E-state index is -0.487. The van der Waals surface area contributed by atoms with E-state index < -0.39 is 5.91 Å². The van der Waals surface area contributed by atoms with Gasteiger partial charge in [0.1, 0.15) is 18.3 Å². The van der Waals surface area contributed by atoms with E-state index in [1.165, 1.54) is 0 Å². The van der Waals surface area contributed by atoms with Gasteiger partial charge in [-0.1, -0.05) is 18.2 Å². The first-order valence-corrected chi connectivity index (χ1v) is 6.99. The number of benzene rings is 2. The van der Waals surface area contributed by atoms with Crippen molar-refractivity contribution in [1.82, 2.24) is 0 Å². The zero-order chi connectivity index (χ0) is 15.7. The van der Waals surface area contributed by atoms with E-state index in [1.807, 2.05) is 31.2 Å². The quantitative estimate of drug-likeness (QED) is 0.911. The van der Waals surface area contributed by atoms with Crippen molar-refractivity contribution < 1.29 is 14.3 Å². The molecule has 0 radical (unpaired) electrons. The van der Waals surface area contributed by atoms with Crippen molar-refractivity contribution in [3.8, 4) is 5.75 Å². The maximum atomic E-state index is 12.5. The van der Waals surface area contributed by atoms with Crippen LogP contribution < -0.4 is 15.8 Å². The highest BCUT2D eigenvalue weighted by Gasteiger charge is 2.30. The predicted molar refractivity (Wildman–Crippen MR) is 83.0 cm³/mol. The second-order valence-corrected chi connectivity index (χ2v) is 5.28. The van der Waals surface area contributed by atoms with E-state index in [4.69, 9.17) is 10.5 Å². The number of aryl methyl sites for hydroxylation is 1. The Bertz CT molecular complexity index is 755. The van der Waals surface area contributed by atoms with E-state index in [0.29, 0.717) is 17.9 Å². The summed E-state index contributed by atoms with van der Waals surface area (Å²) in [5.41, 5.74) is 8.01. The van der Waals surface area contributed by atoms with Crippen LogP contribution in [0.5, 0.6) is 5.75 Å². The lowest BCUT2D eigenvalue weighted by Gasteiger charge is -2.13. The number of rotatable bonds is 3. The molecule has 0 saturated heterocycles. The molecule has 0 fully saturated rings. The number of amides is 2. The molecule has 1 heterocycles. The largest absolute Gasteiger partial charge is 0.492 e. The maximum absolute atomic E-state index is 12.5. The number of hydrogen-bond acceptors (Lipinski definition) is 3. The Kier molecular flexibility index (Phi) is 3.55. The summed E-state index contributed by atoms with van der Waals surface area (Å²) in [5.74, 6) is -0.186. The lowest BCUT2D eigenvalue weighted by Crippen LogP contribution is -2.22. The topological polar surface area (TPSA) is 81.4 Å². The molecule has 0 spiro atoms. The molecular weight excluding hydrogens is 280 g/mol. The Morgan fingerprint density at radius 1 is 1.23 bits per heavy atom. The van der Waals surface area contributed by atoms with Gasteiger partial charge in [-0.05, 0) is 36.8 Å². The first-order chi connectivity index (χ1) is 10.6. The molecule has 1 atom stereocenters. The Hall–Kier alpha value is -2.82. The highest BCUT2D eigenvalue weighted by molar-refractivity contribution is 5.98. The molecule has 0 saturated carbocycles. The molecule has 3 rings (SSSR count). The summed E-state index contributed by atoms with van der Waals surface area (Å²) in [4.78, 5) is 23.6. The van der Waals surface area contributed by atoms with E-state index >= 15 is 0 Å². The van der Waals surface area contributed by atoms with Gasteiger partial charge in [0.25, 0.3) is 0 Å². The highest BCUT2D eigenvalue weighted by Crippen LogP contribution is 2.34. The van der Waals surface area contributed by atoms with Crippen molar-refractivity contribution in [2.24, 2.45) is 5.73 Å². The van der Waals surface area contributed by atoms with Crippen LogP contribution in [0.25, 0.3) is 0 Å². The Morgan fingerprint density at radius 2 is 2.00 bits per heavy atom. The number of nitrogens with one attached hydrogen (secondary N) is 1. The van der Waals surface area contributed by atoms with Crippen molar-refractivity contribution in [3.63, 3.8) is 0 Å². The Morgan fingerprint density at radius 3 is 2.73 bits per heavy atom. The van der Waals surface area contributed by atoms with Crippen LogP contribution in [-0.2, 0) is 4.79 Å². The van der Waals surface area contributed by atoms with Gasteiger partial charge in [-0.2, -0.15) is 0 Å². The summed E-state index contributed by atoms with van der Waals surface area (Å²) in [7, 11) is 0. The molecule has 2 aromatic carbocycles. The van der Waals surface area contributed by atoms with E-state index in [-0.39, 0.29) is 11.8 Å². The highest BCUT2D eigenvalue weighted by atomic mass is 16.5. The summed E-state index contributed by atoms with van der Waals surface area (Å²) in [6, 6.07) is 12.5. The number of ether oxygens (including phenoxy) is 1. The number of primary amides is 1. The monoisotopic (exact) mass is 296 g/mol. The van der Waals surface area contributed by atoms with Gasteiger partial charge >= 0.3 is 0 Å². The third-order valence-electron chi connectivity index (χ3n) is 3.79. The van der Waals surface area contributed by atoms with Crippen molar-refractivity contribution in [1.29, 1.82) is 0 Å². The van der Waals surface area contributed by atoms with Crippen LogP contribution in [0.2, 0.25) is 0 Å². The lowest BCUT2D eigenvalue weighted by atomic mass is 10.00. The summed E-state index contributed by atoms with van der Waals surface area (Å²) >= 11 is 0. The molecule has 0 aromatic heterocycles. The Balaban J connectivity index is 1.80. The number of hydrogen-bond donors (Lipinski definition) is 2. The summed E-state index contributed by atoms with van der Waals surface area (Å²) in [5, 5.41) is 2.89. The summed E-state index contributed by atoms with van der Waals surface area (Å²) in [6.45, 7) is 2.16. The van der Waals surface area contributed by atoms with Gasteiger partial charge in [-0.3, -0.25) is 9.59 Å². The van der Waals surface area contributed by atoms with Crippen molar-refractivity contribution in [2.45, 2.75) is 12.8 Å². The van der Waals surface area contributed by atoms with Crippen molar-refractivity contribution in [2.75, 3.05) is 11.9 Å². The third kappa shape index (κ3) is 2.53. The maximum Gasteiger partial charge on any atom is 0.248 e. The van der Waals surface area contributed by atoms with Crippen LogP contribution in [-0.4, -0.2) is 18.4 Å². The average Bonchev–Trinajstić information content (AvgIpc) is 2.93. The fourth-order valence-electron chi connectivity index (χ4n) is 2.56. The molecule has 3 N–H and O–H groups in total. The number of fused-ring (bicyclic) bond motifs is 1. The standard InChI is InChI=1S/C17H16N2O3/c1-10-8-11(16(18)20)6-7-14(10)19-17(21)13-9-22-15-5-3-2-4-12(13)15/h2-8,13H,9H2,1H3,(H2,18,20)(H,19,21)/t13-/m0/s1. The molecule has 5 nitrogen and oxygen atoms in total. The lowest BCUT2D eigenvalue weighted by molar-refractivity contribution is -0.117. The van der Waals surface area contributed by atoms with E-state index in [2.05, 4.69) is 5.32 Å². The first kappa shape index (κ1) is 14.1. The van der Waals surface area contributed by atoms with Crippen LogP contribution in [0.1, 0.15) is 27.4 Å². The SMILES string of the molecule is Cc1cc(C(N)=O)ccc1NC(=O)[C@H]1COc2ccccc21. The fraction of sp³-hybridized carbons (Fsp3) is 0.176. The molecule has 112 valence electrons. The summed E-state index contributed by atoms with van der Waals surface area (Å²) in [6.07, 6.45) is 0. The zero-order valence-corrected chi connectivity index (χ0v) is 12.1. The molecular formula is C17H16N2O3. The number of para-hydroxylation sites is 1. The molecule has 1 aliphatic rings. The van der Waals surface area contributed by atoms with Crippen molar-refractivity contribution >= 4 is 17.5 Å². The van der Waals surface area contributed by atoms with Crippen LogP contribution in [0.3, 0.4) is 0 Å². The second-order valence-electron chi connectivity index (χ2n) is 5.28. The normalized spacial score (nSPS) is 15.8. The van der Waals surface area contributed by atoms with E-state index in [0.717, 1.165) is 16.9 Å². The molecule has 1 aliphatic heterocycles. The second kappa shape index (κ2) is 5.52. The van der Waals surface area contributed by atoms with Crippen LogP contribution in [0.15, 0.2) is 42.5 Å². The number of nitrogens with two attached hydrogens (primary N) is 1. The molecule has 22 heavy (non-hydrogen) atoms. The van der Waals surface area contributed by atoms with Gasteiger partial charge < -0.3 is 15.8 Å². The van der Waals surface area contributed by atoms with Crippen molar-refractivity contribution in [3.05, 3.63) is 59.2 Å². The number of anilines is 1. The minimum Gasteiger partial charge on any atom is -0.492 e.